The molecule has 2 rings (SSSR count). The third kappa shape index (κ3) is 4.29. The number of anilines is 1. The van der Waals surface area contributed by atoms with E-state index in [0.717, 1.165) is 15.3 Å². The highest BCUT2D eigenvalue weighted by Gasteiger charge is 2.25. The summed E-state index contributed by atoms with van der Waals surface area (Å²) >= 11 is 1.63. The first-order valence-electron chi connectivity index (χ1n) is 8.28. The number of aliphatic carboxylic acids is 1. The molecule has 2 aromatic rings. The maximum Gasteiger partial charge on any atom is 0.336 e. The standard InChI is InChI=1S/C21H23NO3S/c1-12(2)18(21(24)25)19(14(4)17-11-13(3)26-15(17)5)20(23)22-16-9-7-6-8-10-16/h6-11H,1-5H3,(H,22,23)(H,24,25). The van der Waals surface area contributed by atoms with Gasteiger partial charge in [0.1, 0.15) is 0 Å². The van der Waals surface area contributed by atoms with Crippen LogP contribution < -0.4 is 5.32 Å². The minimum atomic E-state index is -1.10. The molecule has 0 aliphatic heterocycles. The number of nitrogens with one attached hydrogen (secondary N) is 1. The van der Waals surface area contributed by atoms with Gasteiger partial charge in [0.2, 0.25) is 0 Å². The van der Waals surface area contributed by atoms with E-state index in [1.807, 2.05) is 38.1 Å². The molecule has 0 bridgehead atoms. The number of rotatable bonds is 5. The SMILES string of the molecule is CC(C)=C(C(=O)O)C(C(=O)Nc1ccccc1)=C(C)c1cc(C)sc1C. The lowest BCUT2D eigenvalue weighted by Crippen LogP contribution is -2.21. The lowest BCUT2D eigenvalue weighted by molar-refractivity contribution is -0.132. The third-order valence-electron chi connectivity index (χ3n) is 4.04. The topological polar surface area (TPSA) is 66.4 Å². The van der Waals surface area contributed by atoms with Crippen LogP contribution in [0.5, 0.6) is 0 Å². The van der Waals surface area contributed by atoms with Gasteiger partial charge >= 0.3 is 5.97 Å². The van der Waals surface area contributed by atoms with Crippen molar-refractivity contribution in [3.05, 3.63) is 68.4 Å². The molecule has 0 aliphatic carbocycles. The molecule has 0 spiro atoms. The van der Waals surface area contributed by atoms with E-state index in [4.69, 9.17) is 0 Å². The van der Waals surface area contributed by atoms with Gasteiger partial charge in [-0.15, -0.1) is 11.3 Å². The third-order valence-corrected chi connectivity index (χ3v) is 5.01. The van der Waals surface area contributed by atoms with E-state index in [9.17, 15) is 14.7 Å². The fourth-order valence-electron chi connectivity index (χ4n) is 2.89. The Bertz CT molecular complexity index is 901. The summed E-state index contributed by atoms with van der Waals surface area (Å²) in [6.07, 6.45) is 0. The predicted molar refractivity (Wildman–Crippen MR) is 107 cm³/mol. The van der Waals surface area contributed by atoms with Gasteiger partial charge in [-0.3, -0.25) is 4.79 Å². The van der Waals surface area contributed by atoms with Gasteiger partial charge in [0, 0.05) is 15.4 Å². The van der Waals surface area contributed by atoms with Crippen molar-refractivity contribution in [1.82, 2.24) is 0 Å². The van der Waals surface area contributed by atoms with Crippen LogP contribution in [0.3, 0.4) is 0 Å². The van der Waals surface area contributed by atoms with Gasteiger partial charge in [0.05, 0.1) is 11.1 Å². The van der Waals surface area contributed by atoms with Gasteiger partial charge in [-0.25, -0.2) is 4.79 Å². The number of carboxylic acids is 1. The zero-order chi connectivity index (χ0) is 19.4. The van der Waals surface area contributed by atoms with E-state index in [0.29, 0.717) is 16.8 Å². The minimum absolute atomic E-state index is 0.0409. The molecule has 1 aromatic carbocycles. The first-order chi connectivity index (χ1) is 12.2. The summed E-state index contributed by atoms with van der Waals surface area (Å²) in [4.78, 5) is 27.1. The van der Waals surface area contributed by atoms with Crippen LogP contribution in [0.15, 0.2) is 53.1 Å². The summed E-state index contributed by atoms with van der Waals surface area (Å²) in [7, 11) is 0. The molecule has 5 heteroatoms. The zero-order valence-electron chi connectivity index (χ0n) is 15.6. The Morgan fingerprint density at radius 2 is 1.62 bits per heavy atom. The normalized spacial score (nSPS) is 11.6. The van der Waals surface area contributed by atoms with Crippen molar-refractivity contribution in [2.45, 2.75) is 34.6 Å². The largest absolute Gasteiger partial charge is 0.478 e. The van der Waals surface area contributed by atoms with Crippen molar-refractivity contribution in [3.63, 3.8) is 0 Å². The molecule has 4 nitrogen and oxygen atoms in total. The van der Waals surface area contributed by atoms with Crippen LogP contribution in [0.1, 0.15) is 36.1 Å². The fourth-order valence-corrected chi connectivity index (χ4v) is 3.88. The lowest BCUT2D eigenvalue weighted by Gasteiger charge is -2.15. The molecule has 0 aliphatic rings. The van der Waals surface area contributed by atoms with Crippen molar-refractivity contribution in [2.75, 3.05) is 5.32 Å². The summed E-state index contributed by atoms with van der Waals surface area (Å²) in [5.41, 5.74) is 3.02. The Morgan fingerprint density at radius 3 is 2.08 bits per heavy atom. The number of para-hydroxylation sites is 1. The van der Waals surface area contributed by atoms with Crippen LogP contribution in [0.4, 0.5) is 5.69 Å². The molecule has 1 amide bonds. The molecule has 136 valence electrons. The number of allylic oxidation sites excluding steroid dienone is 2. The fraction of sp³-hybridized carbons (Fsp3) is 0.238. The van der Waals surface area contributed by atoms with E-state index < -0.39 is 11.9 Å². The molecule has 1 heterocycles. The van der Waals surface area contributed by atoms with E-state index in [2.05, 4.69) is 5.32 Å². The number of hydrogen-bond acceptors (Lipinski definition) is 3. The molecule has 1 aromatic heterocycles. The first kappa shape index (κ1) is 19.7. The van der Waals surface area contributed by atoms with Crippen LogP contribution in [-0.2, 0) is 9.59 Å². The number of hydrogen-bond donors (Lipinski definition) is 2. The smallest absolute Gasteiger partial charge is 0.336 e. The van der Waals surface area contributed by atoms with Gasteiger partial charge in [0.25, 0.3) is 5.91 Å². The number of benzene rings is 1. The van der Waals surface area contributed by atoms with Gasteiger partial charge in [-0.05, 0) is 64.0 Å². The highest BCUT2D eigenvalue weighted by atomic mass is 32.1. The Kier molecular flexibility index (Phi) is 6.16. The van der Waals surface area contributed by atoms with Crippen molar-refractivity contribution < 1.29 is 14.7 Å². The number of carboxylic acid groups (broad SMARTS) is 1. The zero-order valence-corrected chi connectivity index (χ0v) is 16.5. The molecule has 0 unspecified atom stereocenters. The van der Waals surface area contributed by atoms with Crippen LogP contribution in [0.2, 0.25) is 0 Å². The van der Waals surface area contributed by atoms with E-state index >= 15 is 0 Å². The van der Waals surface area contributed by atoms with Gasteiger partial charge < -0.3 is 10.4 Å². The van der Waals surface area contributed by atoms with Crippen LogP contribution >= 0.6 is 11.3 Å². The van der Waals surface area contributed by atoms with Crippen molar-refractivity contribution >= 4 is 34.5 Å². The Labute approximate surface area is 157 Å². The maximum absolute atomic E-state index is 13.0. The van der Waals surface area contributed by atoms with E-state index in [-0.39, 0.29) is 11.1 Å². The highest BCUT2D eigenvalue weighted by molar-refractivity contribution is 7.12. The summed E-state index contributed by atoms with van der Waals surface area (Å²) in [5, 5.41) is 12.5. The van der Waals surface area contributed by atoms with Crippen molar-refractivity contribution in [2.24, 2.45) is 0 Å². The summed E-state index contributed by atoms with van der Waals surface area (Å²) in [5.74, 6) is -1.53. The Morgan fingerprint density at radius 1 is 1.00 bits per heavy atom. The van der Waals surface area contributed by atoms with Crippen molar-refractivity contribution in [1.29, 1.82) is 0 Å². The number of thiophene rings is 1. The first-order valence-corrected chi connectivity index (χ1v) is 9.09. The number of aryl methyl sites for hydroxylation is 2. The Balaban J connectivity index is 2.64. The van der Waals surface area contributed by atoms with E-state index in [1.165, 1.54) is 0 Å². The molecular weight excluding hydrogens is 346 g/mol. The molecule has 26 heavy (non-hydrogen) atoms. The van der Waals surface area contributed by atoms with Crippen LogP contribution in [0.25, 0.3) is 5.57 Å². The van der Waals surface area contributed by atoms with Crippen molar-refractivity contribution in [3.8, 4) is 0 Å². The van der Waals surface area contributed by atoms with E-state index in [1.54, 1.807) is 44.2 Å². The minimum Gasteiger partial charge on any atom is -0.478 e. The predicted octanol–water partition coefficient (Wildman–Crippen LogP) is 5.20. The quantitative estimate of drug-likeness (QED) is 0.562. The van der Waals surface area contributed by atoms with Gasteiger partial charge in [-0.1, -0.05) is 23.8 Å². The van der Waals surface area contributed by atoms with Gasteiger partial charge in [0.15, 0.2) is 0 Å². The second-order valence-corrected chi connectivity index (χ2v) is 7.79. The monoisotopic (exact) mass is 369 g/mol. The summed E-state index contributed by atoms with van der Waals surface area (Å²) < 4.78 is 0. The molecular formula is C21H23NO3S. The second kappa shape index (κ2) is 8.15. The molecule has 0 saturated carbocycles. The van der Waals surface area contributed by atoms with Crippen LogP contribution in [-0.4, -0.2) is 17.0 Å². The number of carbonyl (C=O) groups is 2. The summed E-state index contributed by atoms with van der Waals surface area (Å²) in [6, 6.07) is 11.0. The summed E-state index contributed by atoms with van der Waals surface area (Å²) in [6.45, 7) is 9.19. The molecule has 0 saturated heterocycles. The lowest BCUT2D eigenvalue weighted by atomic mass is 9.92. The highest BCUT2D eigenvalue weighted by Crippen LogP contribution is 2.32. The maximum atomic E-state index is 13.0. The Hall–Kier alpha value is -2.66. The van der Waals surface area contributed by atoms with Gasteiger partial charge in [-0.2, -0.15) is 0 Å². The average Bonchev–Trinajstić information content (AvgIpc) is 2.90. The average molecular weight is 369 g/mol. The second-order valence-electron chi connectivity index (χ2n) is 6.33. The molecule has 0 radical (unpaired) electrons. The number of carbonyl (C=O) groups excluding carboxylic acids is 1. The van der Waals surface area contributed by atoms with Crippen LogP contribution in [0, 0.1) is 13.8 Å². The number of amides is 1. The molecule has 0 atom stereocenters. The molecule has 2 N–H and O–H groups in total. The molecule has 0 fully saturated rings.